The highest BCUT2D eigenvalue weighted by molar-refractivity contribution is 6.32. The fourth-order valence-corrected chi connectivity index (χ4v) is 1.89. The summed E-state index contributed by atoms with van der Waals surface area (Å²) in [5, 5.41) is 10.8. The van der Waals surface area contributed by atoms with E-state index in [-0.39, 0.29) is 0 Å². The number of hydrogen-bond acceptors (Lipinski definition) is 3. The fourth-order valence-electron chi connectivity index (χ4n) is 1.70. The third-order valence-electron chi connectivity index (χ3n) is 2.67. The average molecular weight is 259 g/mol. The second kappa shape index (κ2) is 5.71. The molecule has 0 aliphatic rings. The van der Waals surface area contributed by atoms with Crippen LogP contribution in [0.4, 0.5) is 0 Å². The predicted octanol–water partition coefficient (Wildman–Crippen LogP) is 3.20. The van der Waals surface area contributed by atoms with Gasteiger partial charge in [-0.2, -0.15) is 0 Å². The van der Waals surface area contributed by atoms with E-state index in [0.717, 1.165) is 5.56 Å². The lowest BCUT2D eigenvalue weighted by Gasteiger charge is -2.30. The SMILES string of the molecule is CCOC(C)(C)C(O)c1ccc(Cl)c(OC)c1. The van der Waals surface area contributed by atoms with Crippen molar-refractivity contribution in [3.63, 3.8) is 0 Å². The van der Waals surface area contributed by atoms with Crippen LogP contribution in [0.15, 0.2) is 18.2 Å². The Morgan fingerprint density at radius 2 is 2.06 bits per heavy atom. The van der Waals surface area contributed by atoms with Gasteiger partial charge in [-0.25, -0.2) is 0 Å². The minimum absolute atomic E-state index is 0.526. The van der Waals surface area contributed by atoms with Crippen LogP contribution in [-0.2, 0) is 4.74 Å². The van der Waals surface area contributed by atoms with Gasteiger partial charge in [-0.15, -0.1) is 0 Å². The molecule has 0 aliphatic heterocycles. The Kier molecular flexibility index (Phi) is 4.80. The van der Waals surface area contributed by atoms with Crippen LogP contribution in [0.5, 0.6) is 5.75 Å². The van der Waals surface area contributed by atoms with Gasteiger partial charge < -0.3 is 14.6 Å². The summed E-state index contributed by atoms with van der Waals surface area (Å²) in [6.07, 6.45) is -0.728. The normalized spacial score (nSPS) is 13.5. The van der Waals surface area contributed by atoms with Gasteiger partial charge in [0.05, 0.1) is 17.7 Å². The number of hydrogen-bond donors (Lipinski definition) is 1. The van der Waals surface area contributed by atoms with Crippen LogP contribution in [0.3, 0.4) is 0 Å². The Hall–Kier alpha value is -0.770. The zero-order valence-electron chi connectivity index (χ0n) is 10.7. The van der Waals surface area contributed by atoms with Gasteiger partial charge in [0, 0.05) is 6.61 Å². The molecule has 0 fully saturated rings. The molecule has 0 heterocycles. The molecule has 0 amide bonds. The van der Waals surface area contributed by atoms with Crippen molar-refractivity contribution in [2.75, 3.05) is 13.7 Å². The van der Waals surface area contributed by atoms with Gasteiger partial charge in [-0.05, 0) is 38.5 Å². The highest BCUT2D eigenvalue weighted by atomic mass is 35.5. The Balaban J connectivity index is 3.00. The highest BCUT2D eigenvalue weighted by Gasteiger charge is 2.30. The van der Waals surface area contributed by atoms with Crippen molar-refractivity contribution in [3.8, 4) is 5.75 Å². The summed E-state index contributed by atoms with van der Waals surface area (Å²) < 4.78 is 10.7. The number of ether oxygens (including phenoxy) is 2. The Bertz CT molecular complexity index is 377. The molecule has 1 N–H and O–H groups in total. The fraction of sp³-hybridized carbons (Fsp3) is 0.538. The van der Waals surface area contributed by atoms with Crippen molar-refractivity contribution in [2.24, 2.45) is 0 Å². The minimum atomic E-state index is -0.728. The number of aliphatic hydroxyl groups is 1. The van der Waals surface area contributed by atoms with Gasteiger partial charge in [0.1, 0.15) is 11.9 Å². The molecule has 17 heavy (non-hydrogen) atoms. The molecule has 0 spiro atoms. The second-order valence-electron chi connectivity index (χ2n) is 4.33. The first-order valence-electron chi connectivity index (χ1n) is 5.57. The Labute approximate surface area is 107 Å². The number of halogens is 1. The van der Waals surface area contributed by atoms with E-state index in [9.17, 15) is 5.11 Å². The van der Waals surface area contributed by atoms with Gasteiger partial charge in [0.15, 0.2) is 0 Å². The van der Waals surface area contributed by atoms with Crippen LogP contribution in [0, 0.1) is 0 Å². The molecule has 1 unspecified atom stereocenters. The van der Waals surface area contributed by atoms with Crippen molar-refractivity contribution in [1.82, 2.24) is 0 Å². The Morgan fingerprint density at radius 3 is 2.59 bits per heavy atom. The lowest BCUT2D eigenvalue weighted by atomic mass is 9.94. The highest BCUT2D eigenvalue weighted by Crippen LogP contribution is 2.33. The van der Waals surface area contributed by atoms with Crippen molar-refractivity contribution in [3.05, 3.63) is 28.8 Å². The number of rotatable bonds is 5. The van der Waals surface area contributed by atoms with Crippen LogP contribution >= 0.6 is 11.6 Å². The molecule has 4 heteroatoms. The summed E-state index contributed by atoms with van der Waals surface area (Å²) in [5.41, 5.74) is 0.0813. The first-order valence-corrected chi connectivity index (χ1v) is 5.95. The first kappa shape index (κ1) is 14.3. The topological polar surface area (TPSA) is 38.7 Å². The first-order chi connectivity index (χ1) is 7.92. The Morgan fingerprint density at radius 1 is 1.41 bits per heavy atom. The standard InChI is InChI=1S/C13H19ClO3/c1-5-17-13(2,3)12(15)9-6-7-10(14)11(8-9)16-4/h6-8,12,15H,5H2,1-4H3. The average Bonchev–Trinajstić information content (AvgIpc) is 2.28. The summed E-state index contributed by atoms with van der Waals surface area (Å²) in [6, 6.07) is 5.21. The van der Waals surface area contributed by atoms with Crippen molar-refractivity contribution >= 4 is 11.6 Å². The van der Waals surface area contributed by atoms with Crippen molar-refractivity contribution in [2.45, 2.75) is 32.5 Å². The molecular weight excluding hydrogens is 240 g/mol. The van der Waals surface area contributed by atoms with Crippen LogP contribution in [-0.4, -0.2) is 24.4 Å². The molecule has 0 saturated heterocycles. The van der Waals surface area contributed by atoms with Crippen LogP contribution in [0.25, 0.3) is 0 Å². The number of benzene rings is 1. The number of aliphatic hydroxyl groups excluding tert-OH is 1. The van der Waals surface area contributed by atoms with E-state index < -0.39 is 11.7 Å². The second-order valence-corrected chi connectivity index (χ2v) is 4.74. The van der Waals surface area contributed by atoms with Crippen LogP contribution in [0.2, 0.25) is 5.02 Å². The maximum absolute atomic E-state index is 10.3. The number of methoxy groups -OCH3 is 1. The molecule has 0 bridgehead atoms. The van der Waals surface area contributed by atoms with E-state index in [1.165, 1.54) is 0 Å². The summed E-state index contributed by atoms with van der Waals surface area (Å²) >= 11 is 5.94. The van der Waals surface area contributed by atoms with E-state index in [0.29, 0.717) is 17.4 Å². The van der Waals surface area contributed by atoms with E-state index >= 15 is 0 Å². The molecule has 1 rings (SSSR count). The van der Waals surface area contributed by atoms with E-state index in [1.54, 1.807) is 25.3 Å². The molecule has 3 nitrogen and oxygen atoms in total. The van der Waals surface area contributed by atoms with Crippen molar-refractivity contribution < 1.29 is 14.6 Å². The van der Waals surface area contributed by atoms with Gasteiger partial charge in [-0.3, -0.25) is 0 Å². The van der Waals surface area contributed by atoms with E-state index in [1.807, 2.05) is 20.8 Å². The quantitative estimate of drug-likeness (QED) is 0.882. The molecule has 1 atom stereocenters. The molecule has 1 aromatic carbocycles. The maximum atomic E-state index is 10.3. The molecular formula is C13H19ClO3. The van der Waals surface area contributed by atoms with E-state index in [4.69, 9.17) is 21.1 Å². The molecule has 0 saturated carbocycles. The largest absolute Gasteiger partial charge is 0.495 e. The third kappa shape index (κ3) is 3.35. The van der Waals surface area contributed by atoms with Gasteiger partial charge in [0.25, 0.3) is 0 Å². The van der Waals surface area contributed by atoms with Crippen molar-refractivity contribution in [1.29, 1.82) is 0 Å². The maximum Gasteiger partial charge on any atom is 0.137 e. The van der Waals surface area contributed by atoms with Gasteiger partial charge >= 0.3 is 0 Å². The summed E-state index contributed by atoms with van der Waals surface area (Å²) in [5.74, 6) is 0.551. The summed E-state index contributed by atoms with van der Waals surface area (Å²) in [4.78, 5) is 0. The molecule has 96 valence electrons. The van der Waals surface area contributed by atoms with E-state index in [2.05, 4.69) is 0 Å². The zero-order chi connectivity index (χ0) is 13.1. The molecule has 0 aromatic heterocycles. The summed E-state index contributed by atoms with van der Waals surface area (Å²) in [6.45, 7) is 6.15. The zero-order valence-corrected chi connectivity index (χ0v) is 11.4. The predicted molar refractivity (Wildman–Crippen MR) is 68.7 cm³/mol. The van der Waals surface area contributed by atoms with Gasteiger partial charge in [-0.1, -0.05) is 17.7 Å². The minimum Gasteiger partial charge on any atom is -0.495 e. The molecule has 0 aliphatic carbocycles. The van der Waals surface area contributed by atoms with Crippen LogP contribution < -0.4 is 4.74 Å². The lowest BCUT2D eigenvalue weighted by molar-refractivity contribution is -0.0983. The summed E-state index contributed by atoms with van der Waals surface area (Å²) in [7, 11) is 1.55. The third-order valence-corrected chi connectivity index (χ3v) is 2.98. The molecule has 1 aromatic rings. The smallest absolute Gasteiger partial charge is 0.137 e. The molecule has 0 radical (unpaired) electrons. The lowest BCUT2D eigenvalue weighted by Crippen LogP contribution is -2.32. The monoisotopic (exact) mass is 258 g/mol. The van der Waals surface area contributed by atoms with Crippen LogP contribution in [0.1, 0.15) is 32.4 Å². The van der Waals surface area contributed by atoms with Gasteiger partial charge in [0.2, 0.25) is 0 Å².